The third-order valence-corrected chi connectivity index (χ3v) is 4.58. The lowest BCUT2D eigenvalue weighted by Gasteiger charge is -2.26. The molecule has 1 aromatic carbocycles. The van der Waals surface area contributed by atoms with Gasteiger partial charge in [-0.05, 0) is 24.3 Å². The Morgan fingerprint density at radius 3 is 2.62 bits per heavy atom. The van der Waals surface area contributed by atoms with Crippen molar-refractivity contribution >= 4 is 27.6 Å². The summed E-state index contributed by atoms with van der Waals surface area (Å²) in [7, 11) is -2.12. The molecule has 132 valence electrons. The summed E-state index contributed by atoms with van der Waals surface area (Å²) in [6.07, 6.45) is 0. The van der Waals surface area contributed by atoms with Crippen molar-refractivity contribution in [2.45, 2.75) is 11.8 Å². The van der Waals surface area contributed by atoms with Gasteiger partial charge in [-0.25, -0.2) is 18.1 Å². The maximum atomic E-state index is 12.3. The molecule has 0 fully saturated rings. The van der Waals surface area contributed by atoms with E-state index in [1.54, 1.807) is 7.11 Å². The molecule has 1 heterocycles. The summed E-state index contributed by atoms with van der Waals surface area (Å²) < 4.78 is 32.1. The fourth-order valence-electron chi connectivity index (χ4n) is 2.01. The summed E-state index contributed by atoms with van der Waals surface area (Å²) in [5.74, 6) is -0.0166. The summed E-state index contributed by atoms with van der Waals surface area (Å²) in [5, 5.41) is 5.49. The summed E-state index contributed by atoms with van der Waals surface area (Å²) in [5.41, 5.74) is 0.531. The first-order chi connectivity index (χ1) is 11.4. The molecule has 9 nitrogen and oxygen atoms in total. The number of nitrogens with zero attached hydrogens (tertiary/aromatic N) is 2. The Morgan fingerprint density at radius 1 is 1.38 bits per heavy atom. The number of guanidine groups is 1. The molecule has 0 saturated carbocycles. The van der Waals surface area contributed by atoms with Gasteiger partial charge < -0.3 is 15.4 Å². The van der Waals surface area contributed by atoms with Crippen LogP contribution in [-0.2, 0) is 19.6 Å². The smallest absolute Gasteiger partial charge is 0.264 e. The minimum atomic E-state index is -3.74. The summed E-state index contributed by atoms with van der Waals surface area (Å²) >= 11 is 0. The molecule has 0 aliphatic carbocycles. The van der Waals surface area contributed by atoms with Gasteiger partial charge in [0, 0.05) is 26.3 Å². The number of hydrogen-bond acceptors (Lipinski definition) is 7. The number of benzene rings is 1. The highest BCUT2D eigenvalue weighted by molar-refractivity contribution is 7.90. The number of carbonyl (C=O) groups is 1. The van der Waals surface area contributed by atoms with Gasteiger partial charge in [0.15, 0.2) is 0 Å². The zero-order valence-corrected chi connectivity index (χ0v) is 14.4. The predicted molar refractivity (Wildman–Crippen MR) is 90.0 cm³/mol. The highest BCUT2D eigenvalue weighted by Gasteiger charge is 2.19. The Bertz CT molecular complexity index is 702. The second kappa shape index (κ2) is 8.08. The molecule has 0 aromatic heterocycles. The van der Waals surface area contributed by atoms with Crippen LogP contribution < -0.4 is 15.4 Å². The number of sulfonamides is 1. The molecular formula is C14H21N5O4S. The topological polar surface area (TPSA) is 112 Å². The number of methoxy groups -OCH3 is 1. The molecule has 2 rings (SSSR count). The molecule has 10 heteroatoms. The van der Waals surface area contributed by atoms with E-state index in [9.17, 15) is 13.2 Å². The molecule has 1 aliphatic heterocycles. The van der Waals surface area contributed by atoms with Crippen LogP contribution in [0.1, 0.15) is 6.92 Å². The number of aliphatic imine (C=N–C) groups is 1. The van der Waals surface area contributed by atoms with E-state index in [4.69, 9.17) is 4.74 Å². The molecule has 3 N–H and O–H groups in total. The maximum Gasteiger partial charge on any atom is 0.264 e. The van der Waals surface area contributed by atoms with Crippen LogP contribution in [0.15, 0.2) is 34.2 Å². The van der Waals surface area contributed by atoms with Gasteiger partial charge in [-0.3, -0.25) is 9.69 Å². The van der Waals surface area contributed by atoms with Crippen molar-refractivity contribution < 1.29 is 17.9 Å². The number of nitrogens with one attached hydrogen (secondary N) is 3. The Morgan fingerprint density at radius 2 is 2.08 bits per heavy atom. The van der Waals surface area contributed by atoms with Crippen LogP contribution in [0.4, 0.5) is 5.69 Å². The highest BCUT2D eigenvalue weighted by Crippen LogP contribution is 2.14. The van der Waals surface area contributed by atoms with Gasteiger partial charge in [-0.2, -0.15) is 0 Å². The first-order valence-electron chi connectivity index (χ1n) is 7.31. The Labute approximate surface area is 141 Å². The van der Waals surface area contributed by atoms with Gasteiger partial charge in [0.05, 0.1) is 24.8 Å². The van der Waals surface area contributed by atoms with E-state index in [1.165, 1.54) is 31.2 Å². The van der Waals surface area contributed by atoms with E-state index in [0.717, 1.165) is 0 Å². The van der Waals surface area contributed by atoms with Crippen molar-refractivity contribution in [1.29, 1.82) is 0 Å². The Balaban J connectivity index is 1.98. The largest absolute Gasteiger partial charge is 0.383 e. The summed E-state index contributed by atoms with van der Waals surface area (Å²) in [4.78, 5) is 17.2. The van der Waals surface area contributed by atoms with Gasteiger partial charge in [0.1, 0.15) is 0 Å². The van der Waals surface area contributed by atoms with Crippen LogP contribution in [-0.4, -0.2) is 58.8 Å². The van der Waals surface area contributed by atoms with Gasteiger partial charge in [-0.15, -0.1) is 0 Å². The zero-order valence-electron chi connectivity index (χ0n) is 13.6. The SMILES string of the molecule is COCCN1CN=C(NS(=O)(=O)c2ccc(NC(C)=O)cc2)NC1. The standard InChI is InChI=1S/C14H21N5O4S/c1-11(20)17-12-3-5-13(6-4-12)24(21,22)18-14-15-9-19(10-16-14)7-8-23-2/h3-6H,7-10H2,1-2H3,(H,17,20)(H2,15,16,18). The molecule has 1 aromatic rings. The molecule has 1 amide bonds. The van der Waals surface area contributed by atoms with Crippen molar-refractivity contribution in [2.75, 3.05) is 38.9 Å². The normalized spacial score (nSPS) is 15.3. The van der Waals surface area contributed by atoms with Crippen molar-refractivity contribution in [3.8, 4) is 0 Å². The summed E-state index contributed by atoms with van der Waals surface area (Å²) in [6, 6.07) is 5.89. The van der Waals surface area contributed by atoms with Crippen molar-refractivity contribution in [1.82, 2.24) is 14.9 Å². The van der Waals surface area contributed by atoms with Gasteiger partial charge in [0.25, 0.3) is 10.0 Å². The van der Waals surface area contributed by atoms with Crippen LogP contribution in [0.5, 0.6) is 0 Å². The minimum absolute atomic E-state index is 0.0860. The maximum absolute atomic E-state index is 12.3. The molecule has 1 aliphatic rings. The molecule has 24 heavy (non-hydrogen) atoms. The van der Waals surface area contributed by atoms with E-state index in [1.807, 2.05) is 4.90 Å². The van der Waals surface area contributed by atoms with Gasteiger partial charge in [0.2, 0.25) is 11.9 Å². The lowest BCUT2D eigenvalue weighted by molar-refractivity contribution is -0.114. The number of hydrogen-bond donors (Lipinski definition) is 3. The summed E-state index contributed by atoms with van der Waals surface area (Å²) in [6.45, 7) is 3.54. The first-order valence-corrected chi connectivity index (χ1v) is 8.79. The fourth-order valence-corrected chi connectivity index (χ4v) is 3.01. The van der Waals surface area contributed by atoms with Crippen molar-refractivity contribution in [3.63, 3.8) is 0 Å². The van der Waals surface area contributed by atoms with Crippen LogP contribution in [0.3, 0.4) is 0 Å². The van der Waals surface area contributed by atoms with Gasteiger partial charge in [-0.1, -0.05) is 0 Å². The van der Waals surface area contributed by atoms with E-state index in [-0.39, 0.29) is 16.8 Å². The molecule has 0 unspecified atom stereocenters. The number of anilines is 1. The van der Waals surface area contributed by atoms with E-state index in [2.05, 4.69) is 20.3 Å². The average molecular weight is 355 g/mol. The van der Waals surface area contributed by atoms with E-state index >= 15 is 0 Å². The third kappa shape index (κ3) is 5.18. The fraction of sp³-hybridized carbons (Fsp3) is 0.429. The molecule has 0 radical (unpaired) electrons. The molecular weight excluding hydrogens is 334 g/mol. The Hall–Kier alpha value is -2.17. The second-order valence-corrected chi connectivity index (χ2v) is 6.86. The van der Waals surface area contributed by atoms with Crippen molar-refractivity contribution in [2.24, 2.45) is 4.99 Å². The quantitative estimate of drug-likeness (QED) is 0.648. The average Bonchev–Trinajstić information content (AvgIpc) is 2.54. The second-order valence-electron chi connectivity index (χ2n) is 5.18. The highest BCUT2D eigenvalue weighted by atomic mass is 32.2. The van der Waals surface area contributed by atoms with Crippen LogP contribution in [0.2, 0.25) is 0 Å². The lowest BCUT2D eigenvalue weighted by atomic mass is 10.3. The predicted octanol–water partition coefficient (Wildman–Crippen LogP) is -0.254. The zero-order chi connectivity index (χ0) is 17.6. The Kier molecular flexibility index (Phi) is 6.12. The van der Waals surface area contributed by atoms with Crippen molar-refractivity contribution in [3.05, 3.63) is 24.3 Å². The first kappa shape index (κ1) is 18.2. The molecule has 0 saturated heterocycles. The molecule has 0 atom stereocenters. The van der Waals surface area contributed by atoms with Crippen LogP contribution >= 0.6 is 0 Å². The monoisotopic (exact) mass is 355 g/mol. The van der Waals surface area contributed by atoms with Gasteiger partial charge >= 0.3 is 0 Å². The molecule has 0 bridgehead atoms. The number of carbonyl (C=O) groups excluding carboxylic acids is 1. The van der Waals surface area contributed by atoms with Crippen LogP contribution in [0.25, 0.3) is 0 Å². The van der Waals surface area contributed by atoms with E-state index in [0.29, 0.717) is 32.2 Å². The lowest BCUT2D eigenvalue weighted by Crippen LogP contribution is -2.50. The van der Waals surface area contributed by atoms with E-state index < -0.39 is 10.0 Å². The third-order valence-electron chi connectivity index (χ3n) is 3.23. The number of ether oxygens (including phenoxy) is 1. The van der Waals surface area contributed by atoms with Crippen LogP contribution in [0, 0.1) is 0 Å². The minimum Gasteiger partial charge on any atom is -0.383 e. The molecule has 0 spiro atoms. The number of amides is 1. The number of rotatable bonds is 6.